The van der Waals surface area contributed by atoms with E-state index in [1.807, 2.05) is 0 Å². The molecule has 0 saturated heterocycles. The van der Waals surface area contributed by atoms with Gasteiger partial charge in [-0.3, -0.25) is 14.7 Å². The predicted octanol–water partition coefficient (Wildman–Crippen LogP) is 1.14. The number of rotatable bonds is 3. The molecule has 0 fully saturated rings. The number of nitrogens with two attached hydrogens (primary N) is 1. The van der Waals surface area contributed by atoms with Gasteiger partial charge in [-0.1, -0.05) is 6.07 Å². The number of hydrogen-bond donors (Lipinski definition) is 4. The maximum Gasteiger partial charge on any atom is 0.276 e. The third kappa shape index (κ3) is 3.35. The smallest absolute Gasteiger partial charge is 0.276 e. The van der Waals surface area contributed by atoms with Crippen molar-refractivity contribution in [2.24, 2.45) is 5.73 Å². The maximum absolute atomic E-state index is 12.4. The minimum absolute atomic E-state index is 0. The Bertz CT molecular complexity index is 756. The monoisotopic (exact) mass is 335 g/mol. The van der Waals surface area contributed by atoms with Crippen molar-refractivity contribution in [3.05, 3.63) is 46.3 Å². The second-order valence-electron chi connectivity index (χ2n) is 5.30. The van der Waals surface area contributed by atoms with E-state index in [0.717, 1.165) is 29.8 Å². The summed E-state index contributed by atoms with van der Waals surface area (Å²) in [7, 11) is 0. The molecule has 2 amide bonds. The van der Waals surface area contributed by atoms with Gasteiger partial charge in [0.05, 0.1) is 0 Å². The number of halogens is 1. The van der Waals surface area contributed by atoms with Crippen LogP contribution in [0.5, 0.6) is 0 Å². The van der Waals surface area contributed by atoms with Crippen molar-refractivity contribution in [1.82, 2.24) is 15.5 Å². The zero-order chi connectivity index (χ0) is 15.7. The van der Waals surface area contributed by atoms with Gasteiger partial charge in [0.1, 0.15) is 0 Å². The van der Waals surface area contributed by atoms with Crippen LogP contribution in [0.2, 0.25) is 0 Å². The van der Waals surface area contributed by atoms with Crippen LogP contribution in [0.1, 0.15) is 37.7 Å². The molecule has 3 rings (SSSR count). The van der Waals surface area contributed by atoms with E-state index in [9.17, 15) is 9.59 Å². The van der Waals surface area contributed by atoms with E-state index in [1.165, 1.54) is 0 Å². The lowest BCUT2D eigenvalue weighted by Crippen LogP contribution is -2.25. The van der Waals surface area contributed by atoms with Gasteiger partial charge in [-0.05, 0) is 24.6 Å². The number of benzene rings is 1. The van der Waals surface area contributed by atoms with Crippen LogP contribution >= 0.6 is 12.4 Å². The molecule has 1 aliphatic rings. The first-order valence-corrected chi connectivity index (χ1v) is 7.05. The number of aromatic amines is 1. The van der Waals surface area contributed by atoms with Crippen LogP contribution in [0.3, 0.4) is 0 Å². The maximum atomic E-state index is 12.4. The zero-order valence-electron chi connectivity index (χ0n) is 12.6. The van der Waals surface area contributed by atoms with Crippen molar-refractivity contribution in [3.8, 4) is 0 Å². The van der Waals surface area contributed by atoms with Crippen LogP contribution in [-0.4, -0.2) is 28.6 Å². The standard InChI is InChI=1S/C15H17N5O2.ClH/c1-8-2-3-9(6-10(8)14(16)21)18-15(22)13-11-7-17-5-4-12(11)19-20-13;/h2-3,6,17H,4-5,7H2,1H3,(H2,16,21)(H,18,22)(H,19,20);1H. The molecule has 0 saturated carbocycles. The van der Waals surface area contributed by atoms with Crippen LogP contribution in [0, 0.1) is 6.92 Å². The summed E-state index contributed by atoms with van der Waals surface area (Å²) in [5, 5.41) is 13.0. The van der Waals surface area contributed by atoms with E-state index < -0.39 is 5.91 Å². The summed E-state index contributed by atoms with van der Waals surface area (Å²) in [4.78, 5) is 23.7. The summed E-state index contributed by atoms with van der Waals surface area (Å²) >= 11 is 0. The lowest BCUT2D eigenvalue weighted by atomic mass is 10.1. The molecular formula is C15H18ClN5O2. The lowest BCUT2D eigenvalue weighted by molar-refractivity contribution is 0.0994. The van der Waals surface area contributed by atoms with Crippen LogP contribution in [-0.2, 0) is 13.0 Å². The van der Waals surface area contributed by atoms with Crippen molar-refractivity contribution in [1.29, 1.82) is 0 Å². The summed E-state index contributed by atoms with van der Waals surface area (Å²) < 4.78 is 0. The van der Waals surface area contributed by atoms with Gasteiger partial charge in [0, 0.05) is 42.0 Å². The Morgan fingerprint density at radius 1 is 1.35 bits per heavy atom. The fourth-order valence-electron chi connectivity index (χ4n) is 2.57. The summed E-state index contributed by atoms with van der Waals surface area (Å²) in [5.41, 5.74) is 9.27. The topological polar surface area (TPSA) is 113 Å². The Morgan fingerprint density at radius 2 is 2.13 bits per heavy atom. The van der Waals surface area contributed by atoms with Crippen LogP contribution in [0.15, 0.2) is 18.2 Å². The zero-order valence-corrected chi connectivity index (χ0v) is 13.4. The van der Waals surface area contributed by atoms with E-state index in [0.29, 0.717) is 23.5 Å². The van der Waals surface area contributed by atoms with Gasteiger partial charge in [-0.25, -0.2) is 0 Å². The first-order chi connectivity index (χ1) is 10.6. The number of primary amides is 1. The number of fused-ring (bicyclic) bond motifs is 1. The lowest BCUT2D eigenvalue weighted by Gasteiger charge is -2.13. The van der Waals surface area contributed by atoms with Crippen molar-refractivity contribution < 1.29 is 9.59 Å². The van der Waals surface area contributed by atoms with E-state index >= 15 is 0 Å². The molecular weight excluding hydrogens is 318 g/mol. The highest BCUT2D eigenvalue weighted by atomic mass is 35.5. The number of carbonyl (C=O) groups excluding carboxylic acids is 2. The fraction of sp³-hybridized carbons (Fsp3) is 0.267. The quantitative estimate of drug-likeness (QED) is 0.673. The highest BCUT2D eigenvalue weighted by Gasteiger charge is 2.21. The molecule has 2 heterocycles. The van der Waals surface area contributed by atoms with Gasteiger partial charge in [0.2, 0.25) is 5.91 Å². The number of nitrogens with zero attached hydrogens (tertiary/aromatic N) is 1. The van der Waals surface area contributed by atoms with Crippen LogP contribution in [0.4, 0.5) is 5.69 Å². The summed E-state index contributed by atoms with van der Waals surface area (Å²) in [6.45, 7) is 3.28. The number of hydrogen-bond acceptors (Lipinski definition) is 4. The van der Waals surface area contributed by atoms with Gasteiger partial charge in [-0.15, -0.1) is 12.4 Å². The molecule has 5 N–H and O–H groups in total. The Labute approximate surface area is 139 Å². The molecule has 0 unspecified atom stereocenters. The average Bonchev–Trinajstić information content (AvgIpc) is 2.93. The van der Waals surface area contributed by atoms with E-state index in [2.05, 4.69) is 20.8 Å². The minimum Gasteiger partial charge on any atom is -0.366 e. The number of aromatic nitrogens is 2. The number of H-pyrrole nitrogens is 1. The Hall–Kier alpha value is -2.38. The minimum atomic E-state index is -0.519. The molecule has 0 spiro atoms. The molecule has 1 aliphatic heterocycles. The predicted molar refractivity (Wildman–Crippen MR) is 88.9 cm³/mol. The molecule has 2 aromatic rings. The van der Waals surface area contributed by atoms with Crippen molar-refractivity contribution in [2.75, 3.05) is 11.9 Å². The average molecular weight is 336 g/mol. The van der Waals surface area contributed by atoms with Crippen molar-refractivity contribution in [2.45, 2.75) is 19.9 Å². The van der Waals surface area contributed by atoms with E-state index in [-0.39, 0.29) is 18.3 Å². The fourth-order valence-corrected chi connectivity index (χ4v) is 2.57. The molecule has 8 heteroatoms. The summed E-state index contributed by atoms with van der Waals surface area (Å²) in [6.07, 6.45) is 0.825. The molecule has 0 atom stereocenters. The summed E-state index contributed by atoms with van der Waals surface area (Å²) in [5.74, 6) is -0.824. The van der Waals surface area contributed by atoms with Gasteiger partial charge in [0.25, 0.3) is 5.91 Å². The molecule has 7 nitrogen and oxygen atoms in total. The third-order valence-corrected chi connectivity index (χ3v) is 3.78. The Morgan fingerprint density at radius 3 is 2.87 bits per heavy atom. The first-order valence-electron chi connectivity index (χ1n) is 7.05. The van der Waals surface area contributed by atoms with Crippen LogP contribution in [0.25, 0.3) is 0 Å². The Balaban J connectivity index is 0.00000192. The summed E-state index contributed by atoms with van der Waals surface area (Å²) in [6, 6.07) is 5.06. The van der Waals surface area contributed by atoms with Crippen molar-refractivity contribution in [3.63, 3.8) is 0 Å². The molecule has 1 aromatic carbocycles. The second-order valence-corrected chi connectivity index (χ2v) is 5.30. The van der Waals surface area contributed by atoms with Crippen LogP contribution < -0.4 is 16.4 Å². The molecule has 0 radical (unpaired) electrons. The normalized spacial score (nSPS) is 12.9. The molecule has 122 valence electrons. The second kappa shape index (κ2) is 6.80. The molecule has 0 bridgehead atoms. The van der Waals surface area contributed by atoms with Gasteiger partial charge in [-0.2, -0.15) is 5.10 Å². The third-order valence-electron chi connectivity index (χ3n) is 3.78. The molecule has 1 aromatic heterocycles. The molecule has 0 aliphatic carbocycles. The van der Waals surface area contributed by atoms with E-state index in [1.54, 1.807) is 25.1 Å². The first kappa shape index (κ1) is 17.0. The number of amides is 2. The van der Waals surface area contributed by atoms with Gasteiger partial charge >= 0.3 is 0 Å². The number of anilines is 1. The van der Waals surface area contributed by atoms with E-state index in [4.69, 9.17) is 5.73 Å². The number of carbonyl (C=O) groups is 2. The van der Waals surface area contributed by atoms with Gasteiger partial charge < -0.3 is 16.4 Å². The SMILES string of the molecule is Cc1ccc(NC(=O)c2n[nH]c3c2CNCC3)cc1C(N)=O.Cl. The number of aryl methyl sites for hydroxylation is 1. The Kier molecular flexibility index (Phi) is 5.02. The highest BCUT2D eigenvalue weighted by molar-refractivity contribution is 6.05. The molecule has 23 heavy (non-hydrogen) atoms. The largest absolute Gasteiger partial charge is 0.366 e. The van der Waals surface area contributed by atoms with Crippen molar-refractivity contribution >= 4 is 29.9 Å². The highest BCUT2D eigenvalue weighted by Crippen LogP contribution is 2.19. The number of nitrogens with one attached hydrogen (secondary N) is 3. The van der Waals surface area contributed by atoms with Gasteiger partial charge in [0.15, 0.2) is 5.69 Å².